The Labute approximate surface area is 135 Å². The highest BCUT2D eigenvalue weighted by Gasteiger charge is 2.26. The van der Waals surface area contributed by atoms with Crippen LogP contribution in [0.15, 0.2) is 16.3 Å². The Balaban J connectivity index is 0.00000220. The van der Waals surface area contributed by atoms with Gasteiger partial charge in [-0.15, -0.1) is 23.7 Å². The summed E-state index contributed by atoms with van der Waals surface area (Å²) in [5, 5.41) is 3.16. The first-order chi connectivity index (χ1) is 9.41. The van der Waals surface area contributed by atoms with Crippen LogP contribution in [-0.2, 0) is 14.8 Å². The number of aryl methyl sites for hydroxylation is 1. The fourth-order valence-corrected chi connectivity index (χ4v) is 4.61. The number of nitrogens with zero attached hydrogens (tertiary/aromatic N) is 2. The van der Waals surface area contributed by atoms with E-state index in [1.54, 1.807) is 17.0 Å². The number of rotatable bonds is 4. The number of carbonyl (C=O) groups is 1. The molecule has 21 heavy (non-hydrogen) atoms. The lowest BCUT2D eigenvalue weighted by molar-refractivity contribution is -0.131. The predicted octanol–water partition coefficient (Wildman–Crippen LogP) is 0.531. The van der Waals surface area contributed by atoms with Crippen LogP contribution < -0.4 is 5.32 Å². The van der Waals surface area contributed by atoms with Crippen LogP contribution in [0.3, 0.4) is 0 Å². The number of sulfonamides is 1. The van der Waals surface area contributed by atoms with E-state index in [2.05, 4.69) is 5.32 Å². The molecule has 1 amide bonds. The highest BCUT2D eigenvalue weighted by Crippen LogP contribution is 2.23. The number of amides is 1. The van der Waals surface area contributed by atoms with E-state index in [4.69, 9.17) is 0 Å². The summed E-state index contributed by atoms with van der Waals surface area (Å²) in [6, 6.07) is 3.35. The van der Waals surface area contributed by atoms with Crippen molar-refractivity contribution in [1.29, 1.82) is 0 Å². The molecule has 2 heterocycles. The van der Waals surface area contributed by atoms with Crippen LogP contribution in [0.5, 0.6) is 0 Å². The molecule has 0 unspecified atom stereocenters. The van der Waals surface area contributed by atoms with Crippen LogP contribution in [0.2, 0.25) is 0 Å². The molecule has 2 rings (SSSR count). The Morgan fingerprint density at radius 1 is 1.38 bits per heavy atom. The summed E-state index contributed by atoms with van der Waals surface area (Å²) in [4.78, 5) is 14.7. The summed E-state index contributed by atoms with van der Waals surface area (Å²) in [5.41, 5.74) is 0. The highest BCUT2D eigenvalue weighted by atomic mass is 35.5. The van der Waals surface area contributed by atoms with Crippen molar-refractivity contribution in [3.05, 3.63) is 17.0 Å². The Bertz CT molecular complexity index is 582. The van der Waals surface area contributed by atoms with Gasteiger partial charge in [-0.1, -0.05) is 0 Å². The minimum atomic E-state index is -3.56. The number of hydrogen-bond acceptors (Lipinski definition) is 5. The van der Waals surface area contributed by atoms with Crippen molar-refractivity contribution < 1.29 is 13.2 Å². The van der Waals surface area contributed by atoms with Crippen LogP contribution in [0.1, 0.15) is 4.88 Å². The maximum Gasteiger partial charge on any atom is 0.252 e. The number of carbonyl (C=O) groups excluding carboxylic acids is 1. The number of nitrogens with one attached hydrogen (secondary N) is 1. The van der Waals surface area contributed by atoms with Gasteiger partial charge in [0.25, 0.3) is 10.0 Å². The minimum absolute atomic E-state index is 0. The topological polar surface area (TPSA) is 69.7 Å². The molecule has 0 atom stereocenters. The lowest BCUT2D eigenvalue weighted by Crippen LogP contribution is -2.49. The third kappa shape index (κ3) is 4.40. The minimum Gasteiger partial charge on any atom is -0.339 e. The molecule has 1 fully saturated rings. The maximum atomic E-state index is 12.3. The van der Waals surface area contributed by atoms with E-state index in [1.807, 2.05) is 6.92 Å². The molecule has 6 nitrogen and oxygen atoms in total. The quantitative estimate of drug-likeness (QED) is 0.857. The van der Waals surface area contributed by atoms with E-state index in [-0.39, 0.29) is 29.1 Å². The fraction of sp³-hybridized carbons (Fsp3) is 0.583. The van der Waals surface area contributed by atoms with Gasteiger partial charge in [-0.25, -0.2) is 8.42 Å². The Morgan fingerprint density at radius 2 is 2.00 bits per heavy atom. The summed E-state index contributed by atoms with van der Waals surface area (Å²) in [6.45, 7) is 4.52. The van der Waals surface area contributed by atoms with Crippen molar-refractivity contribution in [2.75, 3.05) is 39.8 Å². The second-order valence-electron chi connectivity index (χ2n) is 4.76. The largest absolute Gasteiger partial charge is 0.339 e. The average Bonchev–Trinajstić information content (AvgIpc) is 2.87. The molecular formula is C12H20ClN3O3S2. The van der Waals surface area contributed by atoms with E-state index in [0.29, 0.717) is 13.1 Å². The first-order valence-electron chi connectivity index (χ1n) is 6.42. The third-order valence-corrected chi connectivity index (χ3v) is 6.48. The number of thiophene rings is 1. The number of piperazine rings is 1. The van der Waals surface area contributed by atoms with E-state index < -0.39 is 10.0 Å². The lowest BCUT2D eigenvalue weighted by atomic mass is 10.3. The lowest BCUT2D eigenvalue weighted by Gasteiger charge is -2.28. The molecule has 1 aromatic rings. The van der Waals surface area contributed by atoms with Crippen LogP contribution in [0, 0.1) is 6.92 Å². The van der Waals surface area contributed by atoms with Gasteiger partial charge in [0.05, 0.1) is 6.54 Å². The van der Waals surface area contributed by atoms with Gasteiger partial charge >= 0.3 is 0 Å². The normalized spacial score (nSPS) is 15.9. The van der Waals surface area contributed by atoms with Crippen molar-refractivity contribution in [3.63, 3.8) is 0 Å². The molecule has 1 N–H and O–H groups in total. The van der Waals surface area contributed by atoms with Crippen molar-refractivity contribution >= 4 is 39.7 Å². The molecule has 1 aliphatic heterocycles. The SMILES string of the molecule is Cc1ccc(S(=O)(=O)N(C)CC(=O)N2CCNCC2)s1.Cl. The molecule has 120 valence electrons. The van der Waals surface area contributed by atoms with Gasteiger partial charge in [-0.3, -0.25) is 4.79 Å². The zero-order chi connectivity index (χ0) is 14.8. The summed E-state index contributed by atoms with van der Waals surface area (Å²) >= 11 is 1.22. The molecule has 0 aliphatic carbocycles. The molecule has 0 saturated carbocycles. The number of likely N-dealkylation sites (N-methyl/N-ethyl adjacent to an activating group) is 1. The van der Waals surface area contributed by atoms with E-state index in [1.165, 1.54) is 18.4 Å². The molecular weight excluding hydrogens is 334 g/mol. The zero-order valence-corrected chi connectivity index (χ0v) is 14.5. The smallest absolute Gasteiger partial charge is 0.252 e. The van der Waals surface area contributed by atoms with Gasteiger partial charge < -0.3 is 10.2 Å². The number of hydrogen-bond donors (Lipinski definition) is 1. The highest BCUT2D eigenvalue weighted by molar-refractivity contribution is 7.91. The van der Waals surface area contributed by atoms with Crippen molar-refractivity contribution in [2.45, 2.75) is 11.1 Å². The van der Waals surface area contributed by atoms with Gasteiger partial charge in [0.1, 0.15) is 4.21 Å². The molecule has 1 saturated heterocycles. The second-order valence-corrected chi connectivity index (χ2v) is 8.32. The van der Waals surface area contributed by atoms with E-state index in [0.717, 1.165) is 22.3 Å². The molecule has 1 aliphatic rings. The van der Waals surface area contributed by atoms with E-state index >= 15 is 0 Å². The molecule has 0 aromatic carbocycles. The van der Waals surface area contributed by atoms with Crippen molar-refractivity contribution in [1.82, 2.24) is 14.5 Å². The third-order valence-electron chi connectivity index (χ3n) is 3.21. The van der Waals surface area contributed by atoms with E-state index in [9.17, 15) is 13.2 Å². The van der Waals surface area contributed by atoms with Crippen LogP contribution >= 0.6 is 23.7 Å². The van der Waals surface area contributed by atoms with Gasteiger partial charge in [0.2, 0.25) is 5.91 Å². The fourth-order valence-electron chi connectivity index (χ4n) is 1.99. The Morgan fingerprint density at radius 3 is 2.52 bits per heavy atom. The molecule has 0 spiro atoms. The van der Waals surface area contributed by atoms with Crippen LogP contribution in [-0.4, -0.2) is 63.3 Å². The second kappa shape index (κ2) is 7.55. The number of halogens is 1. The van der Waals surface area contributed by atoms with Gasteiger partial charge in [-0.2, -0.15) is 4.31 Å². The van der Waals surface area contributed by atoms with Crippen molar-refractivity contribution in [3.8, 4) is 0 Å². The van der Waals surface area contributed by atoms with Gasteiger partial charge in [-0.05, 0) is 19.1 Å². The summed E-state index contributed by atoms with van der Waals surface area (Å²) in [7, 11) is -2.11. The molecule has 0 bridgehead atoms. The Hall–Kier alpha value is -0.670. The van der Waals surface area contributed by atoms with Gasteiger partial charge in [0.15, 0.2) is 0 Å². The first-order valence-corrected chi connectivity index (χ1v) is 8.68. The van der Waals surface area contributed by atoms with Crippen LogP contribution in [0.4, 0.5) is 0 Å². The molecule has 9 heteroatoms. The van der Waals surface area contributed by atoms with Gasteiger partial charge in [0, 0.05) is 38.1 Å². The summed E-state index contributed by atoms with van der Waals surface area (Å²) < 4.78 is 26.0. The standard InChI is InChI=1S/C12H19N3O3S2.ClH/c1-10-3-4-12(19-10)20(17,18)14(2)9-11(16)15-7-5-13-6-8-15;/h3-4,13H,5-9H2,1-2H3;1H. The zero-order valence-electron chi connectivity index (χ0n) is 12.0. The maximum absolute atomic E-state index is 12.3. The monoisotopic (exact) mass is 353 g/mol. The summed E-state index contributed by atoms with van der Waals surface area (Å²) in [6.07, 6.45) is 0. The van der Waals surface area contributed by atoms with Crippen molar-refractivity contribution in [2.24, 2.45) is 0 Å². The first kappa shape index (κ1) is 18.4. The Kier molecular flexibility index (Phi) is 6.61. The van der Waals surface area contributed by atoms with Crippen LogP contribution in [0.25, 0.3) is 0 Å². The predicted molar refractivity (Wildman–Crippen MR) is 85.6 cm³/mol. The summed E-state index contributed by atoms with van der Waals surface area (Å²) in [5.74, 6) is -0.147. The molecule has 1 aromatic heterocycles. The molecule has 0 radical (unpaired) electrons. The average molecular weight is 354 g/mol.